The molecule has 2 atom stereocenters. The Morgan fingerprint density at radius 2 is 1.70 bits per heavy atom. The van der Waals surface area contributed by atoms with E-state index in [9.17, 15) is 9.59 Å². The molecule has 20 heavy (non-hydrogen) atoms. The smallest absolute Gasteiger partial charge is 0.236 e. The third-order valence-corrected chi connectivity index (χ3v) is 4.28. The Hall–Kier alpha value is -1.14. The van der Waals surface area contributed by atoms with Gasteiger partial charge in [0.15, 0.2) is 0 Å². The summed E-state index contributed by atoms with van der Waals surface area (Å²) in [6, 6.07) is 0.0240. The lowest BCUT2D eigenvalue weighted by molar-refractivity contribution is -0.142. The molecule has 2 aliphatic rings. The second-order valence-corrected chi connectivity index (χ2v) is 6.15. The van der Waals surface area contributed by atoms with Crippen molar-refractivity contribution in [3.63, 3.8) is 0 Å². The first-order valence-corrected chi connectivity index (χ1v) is 7.46. The van der Waals surface area contributed by atoms with Crippen LogP contribution in [0, 0.1) is 5.92 Å². The minimum atomic E-state index is -0.000901. The molecule has 0 aromatic rings. The van der Waals surface area contributed by atoms with Gasteiger partial charge in [0.1, 0.15) is 0 Å². The van der Waals surface area contributed by atoms with E-state index >= 15 is 0 Å². The van der Waals surface area contributed by atoms with E-state index in [2.05, 4.69) is 0 Å². The van der Waals surface area contributed by atoms with Gasteiger partial charge in [-0.25, -0.2) is 0 Å². The van der Waals surface area contributed by atoms with Gasteiger partial charge < -0.3 is 20.4 Å². The summed E-state index contributed by atoms with van der Waals surface area (Å²) in [5.74, 6) is 0.327. The number of nitrogens with zero attached hydrogens (tertiary/aromatic N) is 3. The number of amides is 2. The highest BCUT2D eigenvalue weighted by molar-refractivity contribution is 5.81. The minimum absolute atomic E-state index is 0.000901. The van der Waals surface area contributed by atoms with Gasteiger partial charge in [-0.05, 0) is 26.9 Å². The second-order valence-electron chi connectivity index (χ2n) is 6.15. The Balaban J connectivity index is 1.82. The van der Waals surface area contributed by atoms with E-state index in [4.69, 9.17) is 5.73 Å². The normalized spacial score (nSPS) is 27.2. The van der Waals surface area contributed by atoms with E-state index in [1.807, 2.05) is 28.8 Å². The van der Waals surface area contributed by atoms with Crippen molar-refractivity contribution in [3.05, 3.63) is 0 Å². The standard InChI is InChI=1S/C14H26N4O2/c1-16(2)10-13(19)17-6-8-18(9-7-17)14(20)11-4-3-5-12(11)15/h11-12H,3-10,15H2,1-2H3. The SMILES string of the molecule is CN(C)CC(=O)N1CCN(C(=O)C2CCCC2N)CC1. The fourth-order valence-electron chi connectivity index (χ4n) is 3.08. The van der Waals surface area contributed by atoms with E-state index in [-0.39, 0.29) is 23.8 Å². The van der Waals surface area contributed by atoms with Gasteiger partial charge in [-0.3, -0.25) is 9.59 Å². The van der Waals surface area contributed by atoms with Crippen LogP contribution in [-0.2, 0) is 9.59 Å². The van der Waals surface area contributed by atoms with Crippen LogP contribution in [-0.4, -0.2) is 79.4 Å². The average molecular weight is 282 g/mol. The van der Waals surface area contributed by atoms with Gasteiger partial charge in [-0.2, -0.15) is 0 Å². The van der Waals surface area contributed by atoms with Crippen LogP contribution in [0.2, 0.25) is 0 Å². The number of hydrogen-bond donors (Lipinski definition) is 1. The van der Waals surface area contributed by atoms with Crippen molar-refractivity contribution in [2.24, 2.45) is 11.7 Å². The Kier molecular flexibility index (Phi) is 4.99. The van der Waals surface area contributed by atoms with Crippen molar-refractivity contribution in [1.29, 1.82) is 0 Å². The van der Waals surface area contributed by atoms with Gasteiger partial charge in [0.05, 0.1) is 12.5 Å². The lowest BCUT2D eigenvalue weighted by atomic mass is 10.0. The quantitative estimate of drug-likeness (QED) is 0.746. The van der Waals surface area contributed by atoms with Crippen molar-refractivity contribution in [2.45, 2.75) is 25.3 Å². The van der Waals surface area contributed by atoms with E-state index in [0.29, 0.717) is 32.7 Å². The van der Waals surface area contributed by atoms with Crippen molar-refractivity contribution in [2.75, 3.05) is 46.8 Å². The van der Waals surface area contributed by atoms with Gasteiger partial charge in [-0.1, -0.05) is 6.42 Å². The number of carbonyl (C=O) groups is 2. The molecule has 114 valence electrons. The van der Waals surface area contributed by atoms with Crippen LogP contribution >= 0.6 is 0 Å². The summed E-state index contributed by atoms with van der Waals surface area (Å²) in [5.41, 5.74) is 6.00. The van der Waals surface area contributed by atoms with Crippen LogP contribution in [0.5, 0.6) is 0 Å². The number of likely N-dealkylation sites (N-methyl/N-ethyl adjacent to an activating group) is 1. The molecule has 6 heteroatoms. The summed E-state index contributed by atoms with van der Waals surface area (Å²) in [5, 5.41) is 0. The fourth-order valence-corrected chi connectivity index (χ4v) is 3.08. The molecule has 0 aromatic heterocycles. The van der Waals surface area contributed by atoms with Gasteiger partial charge in [0.25, 0.3) is 0 Å². The highest BCUT2D eigenvalue weighted by atomic mass is 16.2. The molecule has 2 fully saturated rings. The lowest BCUT2D eigenvalue weighted by Crippen LogP contribution is -2.54. The van der Waals surface area contributed by atoms with Crippen molar-refractivity contribution in [1.82, 2.24) is 14.7 Å². The van der Waals surface area contributed by atoms with Crippen molar-refractivity contribution >= 4 is 11.8 Å². The Morgan fingerprint density at radius 1 is 1.10 bits per heavy atom. The number of hydrogen-bond acceptors (Lipinski definition) is 4. The van der Waals surface area contributed by atoms with Gasteiger partial charge in [0, 0.05) is 32.2 Å². The Morgan fingerprint density at radius 3 is 2.20 bits per heavy atom. The predicted molar refractivity (Wildman–Crippen MR) is 77.0 cm³/mol. The molecule has 1 aliphatic carbocycles. The van der Waals surface area contributed by atoms with Crippen LogP contribution < -0.4 is 5.73 Å². The maximum atomic E-state index is 12.4. The third kappa shape index (κ3) is 3.49. The molecule has 2 amide bonds. The maximum Gasteiger partial charge on any atom is 0.236 e. The van der Waals surface area contributed by atoms with Crippen LogP contribution in [0.3, 0.4) is 0 Å². The minimum Gasteiger partial charge on any atom is -0.339 e. The van der Waals surface area contributed by atoms with Crippen LogP contribution in [0.4, 0.5) is 0 Å². The van der Waals surface area contributed by atoms with E-state index < -0.39 is 0 Å². The summed E-state index contributed by atoms with van der Waals surface area (Å²) in [4.78, 5) is 30.0. The summed E-state index contributed by atoms with van der Waals surface area (Å²) >= 11 is 0. The molecule has 2 rings (SSSR count). The molecule has 1 saturated carbocycles. The highest BCUT2D eigenvalue weighted by Crippen LogP contribution is 2.26. The number of carbonyl (C=O) groups excluding carboxylic acids is 2. The second kappa shape index (κ2) is 6.54. The molecular weight excluding hydrogens is 256 g/mol. The first-order valence-electron chi connectivity index (χ1n) is 7.46. The molecule has 2 N–H and O–H groups in total. The summed E-state index contributed by atoms with van der Waals surface area (Å²) < 4.78 is 0. The molecule has 2 unspecified atom stereocenters. The fraction of sp³-hybridized carbons (Fsp3) is 0.857. The van der Waals surface area contributed by atoms with Crippen molar-refractivity contribution < 1.29 is 9.59 Å². The first-order chi connectivity index (χ1) is 9.49. The van der Waals surface area contributed by atoms with Gasteiger partial charge in [-0.15, -0.1) is 0 Å². The Labute approximate surface area is 120 Å². The molecule has 6 nitrogen and oxygen atoms in total. The summed E-state index contributed by atoms with van der Waals surface area (Å²) in [6.45, 7) is 2.99. The van der Waals surface area contributed by atoms with E-state index in [1.54, 1.807) is 0 Å². The molecule has 0 spiro atoms. The third-order valence-electron chi connectivity index (χ3n) is 4.28. The maximum absolute atomic E-state index is 12.4. The topological polar surface area (TPSA) is 69.9 Å². The first kappa shape index (κ1) is 15.3. The zero-order chi connectivity index (χ0) is 14.7. The largest absolute Gasteiger partial charge is 0.339 e. The van der Waals surface area contributed by atoms with Crippen molar-refractivity contribution in [3.8, 4) is 0 Å². The zero-order valence-electron chi connectivity index (χ0n) is 12.5. The van der Waals surface area contributed by atoms with Crippen LogP contribution in [0.25, 0.3) is 0 Å². The molecule has 1 aliphatic heterocycles. The lowest BCUT2D eigenvalue weighted by Gasteiger charge is -2.36. The van der Waals surface area contributed by atoms with Gasteiger partial charge in [0.2, 0.25) is 11.8 Å². The zero-order valence-corrected chi connectivity index (χ0v) is 12.5. The molecule has 1 saturated heterocycles. The van der Waals surface area contributed by atoms with E-state index in [1.165, 1.54) is 0 Å². The average Bonchev–Trinajstić information content (AvgIpc) is 2.83. The Bertz CT molecular complexity index is 364. The number of nitrogens with two attached hydrogens (primary N) is 1. The number of rotatable bonds is 3. The summed E-state index contributed by atoms with van der Waals surface area (Å²) in [7, 11) is 3.78. The van der Waals surface area contributed by atoms with Crippen LogP contribution in [0.1, 0.15) is 19.3 Å². The molecule has 0 radical (unpaired) electrons. The highest BCUT2D eigenvalue weighted by Gasteiger charge is 2.34. The van der Waals surface area contributed by atoms with Crippen LogP contribution in [0.15, 0.2) is 0 Å². The summed E-state index contributed by atoms with van der Waals surface area (Å²) in [6.07, 6.45) is 2.93. The number of piperazine rings is 1. The molecular formula is C14H26N4O2. The molecule has 0 bridgehead atoms. The van der Waals surface area contributed by atoms with Gasteiger partial charge >= 0.3 is 0 Å². The van der Waals surface area contributed by atoms with E-state index in [0.717, 1.165) is 19.3 Å². The molecule has 1 heterocycles. The molecule has 0 aromatic carbocycles. The monoisotopic (exact) mass is 282 g/mol. The predicted octanol–water partition coefficient (Wildman–Crippen LogP) is -0.654.